The first-order valence-electron chi connectivity index (χ1n) is 5.98. The molecular weight excluding hydrogens is 342 g/mol. The van der Waals surface area contributed by atoms with E-state index in [0.29, 0.717) is 22.0 Å². The summed E-state index contributed by atoms with van der Waals surface area (Å²) in [6.07, 6.45) is 3.11. The zero-order valence-electron chi connectivity index (χ0n) is 10.8. The number of carbonyl (C=O) groups excluding carboxylic acids is 1. The molecule has 0 fully saturated rings. The minimum absolute atomic E-state index is 0.113. The lowest BCUT2D eigenvalue weighted by molar-refractivity contribution is -0.125. The molecule has 3 nitrogen and oxygen atoms in total. The van der Waals surface area contributed by atoms with E-state index in [1.807, 2.05) is 24.3 Å². The number of rotatable bonds is 4. The van der Waals surface area contributed by atoms with Crippen molar-refractivity contribution in [3.63, 3.8) is 0 Å². The maximum atomic E-state index is 12.0. The highest BCUT2D eigenvalue weighted by molar-refractivity contribution is 9.10. The van der Waals surface area contributed by atoms with Gasteiger partial charge in [-0.1, -0.05) is 29.8 Å². The number of carbonyl (C=O) groups is 1. The van der Waals surface area contributed by atoms with Gasteiger partial charge in [-0.05, 0) is 45.8 Å². The van der Waals surface area contributed by atoms with Crippen molar-refractivity contribution in [3.05, 3.63) is 63.5 Å². The Morgan fingerprint density at radius 1 is 1.35 bits per heavy atom. The molecule has 2 rings (SSSR count). The van der Waals surface area contributed by atoms with Gasteiger partial charge < -0.3 is 9.32 Å². The Labute approximate surface area is 131 Å². The predicted molar refractivity (Wildman–Crippen MR) is 83.4 cm³/mol. The summed E-state index contributed by atoms with van der Waals surface area (Å²) in [5.74, 6) is 0.508. The lowest BCUT2D eigenvalue weighted by Gasteiger charge is -2.15. The van der Waals surface area contributed by atoms with Gasteiger partial charge in [0.2, 0.25) is 5.91 Å². The molecule has 5 heteroatoms. The van der Waals surface area contributed by atoms with Gasteiger partial charge in [0.25, 0.3) is 0 Å². The molecule has 2 aromatic rings. The number of furan rings is 1. The predicted octanol–water partition coefficient (Wildman–Crippen LogP) is 4.37. The molecule has 1 amide bonds. The van der Waals surface area contributed by atoms with E-state index in [0.717, 1.165) is 5.56 Å². The molecule has 0 spiro atoms. The summed E-state index contributed by atoms with van der Waals surface area (Å²) >= 11 is 9.28. The normalized spacial score (nSPS) is 10.9. The van der Waals surface area contributed by atoms with Crippen LogP contribution in [0.1, 0.15) is 11.3 Å². The van der Waals surface area contributed by atoms with Crippen molar-refractivity contribution in [1.82, 2.24) is 4.90 Å². The number of hydrogen-bond donors (Lipinski definition) is 0. The molecule has 1 heterocycles. The largest absolute Gasteiger partial charge is 0.450 e. The molecule has 1 aromatic carbocycles. The second-order valence-corrected chi connectivity index (χ2v) is 5.45. The Morgan fingerprint density at radius 3 is 2.75 bits per heavy atom. The summed E-state index contributed by atoms with van der Waals surface area (Å²) in [4.78, 5) is 13.6. The quantitative estimate of drug-likeness (QED) is 0.764. The summed E-state index contributed by atoms with van der Waals surface area (Å²) in [6, 6.07) is 11.0. The first-order chi connectivity index (χ1) is 9.56. The molecule has 0 saturated carbocycles. The van der Waals surface area contributed by atoms with Gasteiger partial charge in [-0.2, -0.15) is 0 Å². The maximum absolute atomic E-state index is 12.0. The van der Waals surface area contributed by atoms with Crippen LogP contribution in [0.25, 0.3) is 6.08 Å². The van der Waals surface area contributed by atoms with Gasteiger partial charge in [0.15, 0.2) is 4.67 Å². The van der Waals surface area contributed by atoms with Crippen LogP contribution >= 0.6 is 27.5 Å². The fourth-order valence-corrected chi connectivity index (χ4v) is 2.17. The average molecular weight is 355 g/mol. The third-order valence-electron chi connectivity index (χ3n) is 2.73. The van der Waals surface area contributed by atoms with E-state index < -0.39 is 0 Å². The van der Waals surface area contributed by atoms with E-state index in [1.54, 1.807) is 30.2 Å². The fraction of sp³-hybridized carbons (Fsp3) is 0.133. The van der Waals surface area contributed by atoms with E-state index >= 15 is 0 Å². The summed E-state index contributed by atoms with van der Waals surface area (Å²) in [7, 11) is 1.73. The van der Waals surface area contributed by atoms with Crippen LogP contribution in [0.3, 0.4) is 0 Å². The second kappa shape index (κ2) is 6.77. The van der Waals surface area contributed by atoms with Crippen molar-refractivity contribution in [2.75, 3.05) is 7.05 Å². The maximum Gasteiger partial charge on any atom is 0.246 e. The van der Waals surface area contributed by atoms with E-state index in [9.17, 15) is 4.79 Å². The van der Waals surface area contributed by atoms with Crippen molar-refractivity contribution < 1.29 is 9.21 Å². The van der Waals surface area contributed by atoms with Crippen LogP contribution in [0.4, 0.5) is 0 Å². The smallest absolute Gasteiger partial charge is 0.246 e. The molecule has 20 heavy (non-hydrogen) atoms. The fourth-order valence-electron chi connectivity index (χ4n) is 1.66. The summed E-state index contributed by atoms with van der Waals surface area (Å²) < 4.78 is 5.92. The zero-order valence-corrected chi connectivity index (χ0v) is 13.2. The van der Waals surface area contributed by atoms with Gasteiger partial charge in [0, 0.05) is 24.7 Å². The molecule has 0 aliphatic rings. The SMILES string of the molecule is CN(Cc1ccccc1Cl)C(=O)/C=C/c1ccc(Br)o1. The minimum Gasteiger partial charge on any atom is -0.450 e. The molecule has 0 aliphatic heterocycles. The number of nitrogens with zero attached hydrogens (tertiary/aromatic N) is 1. The third-order valence-corrected chi connectivity index (χ3v) is 3.52. The number of halogens is 2. The Hall–Kier alpha value is -1.52. The van der Waals surface area contributed by atoms with Gasteiger partial charge in [0.1, 0.15) is 5.76 Å². The number of amides is 1. The summed E-state index contributed by atoms with van der Waals surface area (Å²) in [5.41, 5.74) is 0.916. The first-order valence-corrected chi connectivity index (χ1v) is 7.15. The van der Waals surface area contributed by atoms with Gasteiger partial charge in [-0.15, -0.1) is 0 Å². The van der Waals surface area contributed by atoms with E-state index in [2.05, 4.69) is 15.9 Å². The molecule has 0 aliphatic carbocycles. The van der Waals surface area contributed by atoms with E-state index in [-0.39, 0.29) is 5.91 Å². The van der Waals surface area contributed by atoms with Crippen molar-refractivity contribution in [2.45, 2.75) is 6.54 Å². The van der Waals surface area contributed by atoms with Crippen LogP contribution in [0, 0.1) is 0 Å². The Kier molecular flexibility index (Phi) is 5.04. The van der Waals surface area contributed by atoms with Crippen molar-refractivity contribution >= 4 is 39.5 Å². The molecule has 0 atom stereocenters. The van der Waals surface area contributed by atoms with E-state index in [1.165, 1.54) is 6.08 Å². The number of benzene rings is 1. The van der Waals surface area contributed by atoms with Crippen LogP contribution in [-0.2, 0) is 11.3 Å². The van der Waals surface area contributed by atoms with Crippen molar-refractivity contribution in [2.24, 2.45) is 0 Å². The van der Waals surface area contributed by atoms with E-state index in [4.69, 9.17) is 16.0 Å². The number of hydrogen-bond acceptors (Lipinski definition) is 2. The zero-order chi connectivity index (χ0) is 14.5. The monoisotopic (exact) mass is 353 g/mol. The van der Waals surface area contributed by atoms with Crippen molar-refractivity contribution in [1.29, 1.82) is 0 Å². The van der Waals surface area contributed by atoms with Crippen LogP contribution in [0.5, 0.6) is 0 Å². The van der Waals surface area contributed by atoms with Gasteiger partial charge in [-0.25, -0.2) is 0 Å². The topological polar surface area (TPSA) is 33.5 Å². The van der Waals surface area contributed by atoms with Gasteiger partial charge >= 0.3 is 0 Å². The lowest BCUT2D eigenvalue weighted by atomic mass is 10.2. The molecule has 0 saturated heterocycles. The van der Waals surface area contributed by atoms with Crippen LogP contribution in [0.2, 0.25) is 5.02 Å². The van der Waals surface area contributed by atoms with Gasteiger partial charge in [-0.3, -0.25) is 4.79 Å². The second-order valence-electron chi connectivity index (χ2n) is 4.26. The molecule has 0 N–H and O–H groups in total. The molecular formula is C15H13BrClNO2. The van der Waals surface area contributed by atoms with Crippen LogP contribution < -0.4 is 0 Å². The molecule has 1 aromatic heterocycles. The standard InChI is InChI=1S/C15H13BrClNO2/c1-18(10-11-4-2-3-5-13(11)17)15(19)9-7-12-6-8-14(16)20-12/h2-9H,10H2,1H3/b9-7+. The minimum atomic E-state index is -0.113. The summed E-state index contributed by atoms with van der Waals surface area (Å²) in [6.45, 7) is 0.463. The Morgan fingerprint density at radius 2 is 2.10 bits per heavy atom. The van der Waals surface area contributed by atoms with Crippen molar-refractivity contribution in [3.8, 4) is 0 Å². The molecule has 104 valence electrons. The highest BCUT2D eigenvalue weighted by Crippen LogP contribution is 2.17. The Balaban J connectivity index is 1.99. The first kappa shape index (κ1) is 14.9. The summed E-state index contributed by atoms with van der Waals surface area (Å²) in [5, 5.41) is 0.658. The van der Waals surface area contributed by atoms with Crippen LogP contribution in [0.15, 0.2) is 51.6 Å². The third kappa shape index (κ3) is 3.99. The highest BCUT2D eigenvalue weighted by atomic mass is 79.9. The lowest BCUT2D eigenvalue weighted by Crippen LogP contribution is -2.24. The molecule has 0 unspecified atom stereocenters. The molecule has 0 bridgehead atoms. The molecule has 0 radical (unpaired) electrons. The number of likely N-dealkylation sites (N-methyl/N-ethyl adjacent to an activating group) is 1. The van der Waals surface area contributed by atoms with Crippen LogP contribution in [-0.4, -0.2) is 17.9 Å². The van der Waals surface area contributed by atoms with Gasteiger partial charge in [0.05, 0.1) is 0 Å². The highest BCUT2D eigenvalue weighted by Gasteiger charge is 2.08. The Bertz CT molecular complexity index is 636. The average Bonchev–Trinajstić information content (AvgIpc) is 2.84.